The first-order valence-corrected chi connectivity index (χ1v) is 6.58. The molecule has 0 atom stereocenters. The highest BCUT2D eigenvalue weighted by molar-refractivity contribution is 7.14. The molecule has 1 N–H and O–H groups in total. The maximum Gasteiger partial charge on any atom is 0.260 e. The van der Waals surface area contributed by atoms with Gasteiger partial charge < -0.3 is 14.8 Å². The fraction of sp³-hybridized carbons (Fsp3) is 0.143. The third-order valence-electron chi connectivity index (χ3n) is 2.66. The lowest BCUT2D eigenvalue weighted by Gasteiger charge is -2.10. The lowest BCUT2D eigenvalue weighted by atomic mass is 10.1. The monoisotopic (exact) mass is 288 g/mol. The summed E-state index contributed by atoms with van der Waals surface area (Å²) in [5, 5.41) is 13.9. The van der Waals surface area contributed by atoms with E-state index in [4.69, 9.17) is 14.7 Å². The first-order chi connectivity index (χ1) is 9.69. The van der Waals surface area contributed by atoms with Crippen LogP contribution >= 0.6 is 11.3 Å². The normalized spacial score (nSPS) is 9.65. The summed E-state index contributed by atoms with van der Waals surface area (Å²) in [6.07, 6.45) is 0. The van der Waals surface area contributed by atoms with E-state index < -0.39 is 0 Å². The van der Waals surface area contributed by atoms with Gasteiger partial charge in [-0.2, -0.15) is 5.26 Å². The van der Waals surface area contributed by atoms with Crippen LogP contribution in [-0.2, 0) is 0 Å². The number of nitriles is 1. The van der Waals surface area contributed by atoms with Crippen LogP contribution in [0.3, 0.4) is 0 Å². The van der Waals surface area contributed by atoms with Crippen molar-refractivity contribution in [2.24, 2.45) is 0 Å². The zero-order chi connectivity index (χ0) is 14.5. The van der Waals surface area contributed by atoms with E-state index in [1.165, 1.54) is 25.6 Å². The Balaban J connectivity index is 2.31. The number of hydrogen-bond acceptors (Lipinski definition) is 5. The van der Waals surface area contributed by atoms with Crippen LogP contribution in [0.5, 0.6) is 11.5 Å². The zero-order valence-corrected chi connectivity index (χ0v) is 11.8. The topological polar surface area (TPSA) is 71.3 Å². The highest BCUT2D eigenvalue weighted by atomic mass is 32.1. The van der Waals surface area contributed by atoms with Gasteiger partial charge in [0.2, 0.25) is 0 Å². The number of nitrogens with one attached hydrogen (secondary N) is 1. The minimum absolute atomic E-state index is 0.348. The van der Waals surface area contributed by atoms with Gasteiger partial charge in [-0.15, -0.1) is 11.3 Å². The molecule has 0 saturated heterocycles. The van der Waals surface area contributed by atoms with Gasteiger partial charge in [0.15, 0.2) is 0 Å². The van der Waals surface area contributed by atoms with E-state index in [1.807, 2.05) is 6.07 Å². The van der Waals surface area contributed by atoms with Gasteiger partial charge in [0.1, 0.15) is 22.6 Å². The smallest absolute Gasteiger partial charge is 0.260 e. The first-order valence-electron chi connectivity index (χ1n) is 5.70. The third-order valence-corrected chi connectivity index (χ3v) is 3.49. The number of ether oxygens (including phenoxy) is 2. The molecule has 0 saturated carbocycles. The molecule has 102 valence electrons. The Labute approximate surface area is 120 Å². The van der Waals surface area contributed by atoms with Crippen LogP contribution in [0.4, 0.5) is 5.00 Å². The SMILES string of the molecule is COc1ccc(OC)c(C(=O)Nc2sccc2C#N)c1. The van der Waals surface area contributed by atoms with E-state index in [-0.39, 0.29) is 5.91 Å². The predicted octanol–water partition coefficient (Wildman–Crippen LogP) is 2.89. The van der Waals surface area contributed by atoms with Crippen molar-refractivity contribution < 1.29 is 14.3 Å². The van der Waals surface area contributed by atoms with Gasteiger partial charge in [-0.05, 0) is 29.6 Å². The van der Waals surface area contributed by atoms with Crippen LogP contribution in [0.25, 0.3) is 0 Å². The first kappa shape index (κ1) is 13.9. The van der Waals surface area contributed by atoms with Gasteiger partial charge in [0.05, 0.1) is 25.3 Å². The molecule has 5 nitrogen and oxygen atoms in total. The highest BCUT2D eigenvalue weighted by Gasteiger charge is 2.15. The van der Waals surface area contributed by atoms with Crippen molar-refractivity contribution in [1.82, 2.24) is 0 Å². The number of rotatable bonds is 4. The van der Waals surface area contributed by atoms with E-state index >= 15 is 0 Å². The zero-order valence-electron chi connectivity index (χ0n) is 11.0. The molecule has 0 aliphatic heterocycles. The van der Waals surface area contributed by atoms with Crippen molar-refractivity contribution in [3.8, 4) is 17.6 Å². The molecule has 1 aromatic heterocycles. The Morgan fingerprint density at radius 2 is 2.10 bits per heavy atom. The molecule has 0 bridgehead atoms. The molecule has 2 rings (SSSR count). The molecule has 1 amide bonds. The van der Waals surface area contributed by atoms with Crippen LogP contribution in [0.2, 0.25) is 0 Å². The fourth-order valence-electron chi connectivity index (χ4n) is 1.66. The summed E-state index contributed by atoms with van der Waals surface area (Å²) in [4.78, 5) is 12.3. The number of amides is 1. The Bertz CT molecular complexity index is 673. The van der Waals surface area contributed by atoms with Gasteiger partial charge in [-0.3, -0.25) is 4.79 Å². The number of carbonyl (C=O) groups excluding carboxylic acids is 1. The van der Waals surface area contributed by atoms with E-state index in [0.29, 0.717) is 27.6 Å². The lowest BCUT2D eigenvalue weighted by Crippen LogP contribution is -2.13. The number of hydrogen-bond donors (Lipinski definition) is 1. The molecule has 0 aliphatic carbocycles. The molecule has 1 aromatic carbocycles. The quantitative estimate of drug-likeness (QED) is 0.939. The van der Waals surface area contributed by atoms with Gasteiger partial charge in [-0.25, -0.2) is 0 Å². The van der Waals surface area contributed by atoms with Crippen molar-refractivity contribution in [2.45, 2.75) is 0 Å². The Hall–Kier alpha value is -2.52. The minimum Gasteiger partial charge on any atom is -0.497 e. The molecule has 2 aromatic rings. The van der Waals surface area contributed by atoms with Crippen molar-refractivity contribution in [3.63, 3.8) is 0 Å². The van der Waals surface area contributed by atoms with E-state index in [1.54, 1.807) is 29.6 Å². The molecule has 1 heterocycles. The average molecular weight is 288 g/mol. The summed E-state index contributed by atoms with van der Waals surface area (Å²) in [5.41, 5.74) is 0.786. The Kier molecular flexibility index (Phi) is 4.23. The molecule has 6 heteroatoms. The van der Waals surface area contributed by atoms with Crippen LogP contribution < -0.4 is 14.8 Å². The summed E-state index contributed by atoms with van der Waals surface area (Å²) in [6.45, 7) is 0. The summed E-state index contributed by atoms with van der Waals surface area (Å²) in [5.74, 6) is 0.653. The highest BCUT2D eigenvalue weighted by Crippen LogP contribution is 2.27. The molecule has 0 radical (unpaired) electrons. The number of benzene rings is 1. The molecule has 0 spiro atoms. The molecule has 0 aliphatic rings. The van der Waals surface area contributed by atoms with E-state index in [9.17, 15) is 4.79 Å². The van der Waals surface area contributed by atoms with Crippen molar-refractivity contribution in [3.05, 3.63) is 40.8 Å². The average Bonchev–Trinajstić information content (AvgIpc) is 2.93. The number of nitrogens with zero attached hydrogens (tertiary/aromatic N) is 1. The van der Waals surface area contributed by atoms with Crippen molar-refractivity contribution >= 4 is 22.2 Å². The van der Waals surface area contributed by atoms with Crippen molar-refractivity contribution in [1.29, 1.82) is 5.26 Å². The predicted molar refractivity (Wildman–Crippen MR) is 76.5 cm³/mol. The second kappa shape index (κ2) is 6.08. The second-order valence-electron chi connectivity index (χ2n) is 3.80. The van der Waals surface area contributed by atoms with Crippen LogP contribution in [0, 0.1) is 11.3 Å². The number of anilines is 1. The number of methoxy groups -OCH3 is 2. The summed E-state index contributed by atoms with van der Waals surface area (Å²) in [6, 6.07) is 8.64. The van der Waals surface area contributed by atoms with E-state index in [2.05, 4.69) is 5.32 Å². The van der Waals surface area contributed by atoms with Gasteiger partial charge in [0, 0.05) is 0 Å². The van der Waals surface area contributed by atoms with Gasteiger partial charge >= 0.3 is 0 Å². The minimum atomic E-state index is -0.348. The largest absolute Gasteiger partial charge is 0.497 e. The molecule has 0 unspecified atom stereocenters. The molecular weight excluding hydrogens is 276 g/mol. The third kappa shape index (κ3) is 2.73. The Morgan fingerprint density at radius 1 is 1.30 bits per heavy atom. The summed E-state index contributed by atoms with van der Waals surface area (Å²) in [7, 11) is 3.01. The molecular formula is C14H12N2O3S. The standard InChI is InChI=1S/C14H12N2O3S/c1-18-10-3-4-12(19-2)11(7-10)13(17)16-14-9(8-15)5-6-20-14/h3-7H,1-2H3,(H,16,17). The summed E-state index contributed by atoms with van der Waals surface area (Å²) >= 11 is 1.29. The maximum absolute atomic E-state index is 12.3. The molecule has 0 fully saturated rings. The fourth-order valence-corrected chi connectivity index (χ4v) is 2.39. The molecule has 20 heavy (non-hydrogen) atoms. The maximum atomic E-state index is 12.3. The van der Waals surface area contributed by atoms with Crippen LogP contribution in [0.15, 0.2) is 29.6 Å². The van der Waals surface area contributed by atoms with E-state index in [0.717, 1.165) is 0 Å². The lowest BCUT2D eigenvalue weighted by molar-refractivity contribution is 0.102. The second-order valence-corrected chi connectivity index (χ2v) is 4.71. The Morgan fingerprint density at radius 3 is 2.75 bits per heavy atom. The van der Waals surface area contributed by atoms with Crippen LogP contribution in [0.1, 0.15) is 15.9 Å². The van der Waals surface area contributed by atoms with Gasteiger partial charge in [0.25, 0.3) is 5.91 Å². The number of carbonyl (C=O) groups is 1. The van der Waals surface area contributed by atoms with Crippen LogP contribution in [-0.4, -0.2) is 20.1 Å². The van der Waals surface area contributed by atoms with Crippen molar-refractivity contribution in [2.75, 3.05) is 19.5 Å². The number of thiophene rings is 1. The van der Waals surface area contributed by atoms with Gasteiger partial charge in [-0.1, -0.05) is 0 Å². The summed E-state index contributed by atoms with van der Waals surface area (Å²) < 4.78 is 10.3.